The molecule has 0 atom stereocenters. The van der Waals surface area contributed by atoms with Crippen molar-refractivity contribution in [3.63, 3.8) is 0 Å². The van der Waals surface area contributed by atoms with Crippen molar-refractivity contribution in [3.05, 3.63) is 29.8 Å². The Morgan fingerprint density at radius 2 is 2.00 bits per heavy atom. The quantitative estimate of drug-likeness (QED) is 0.808. The molecule has 0 radical (unpaired) electrons. The van der Waals surface area contributed by atoms with E-state index in [1.54, 1.807) is 12.1 Å². The zero-order valence-electron chi connectivity index (χ0n) is 13.8. The Kier molecular flexibility index (Phi) is 5.64. The average Bonchev–Trinajstić information content (AvgIpc) is 2.98. The molecule has 0 bridgehead atoms. The highest BCUT2D eigenvalue weighted by Crippen LogP contribution is 2.24. The number of benzene rings is 1. The minimum absolute atomic E-state index is 0.0259. The molecular weight excluding hydrogens is 294 g/mol. The van der Waals surface area contributed by atoms with Gasteiger partial charge in [0.1, 0.15) is 5.75 Å². The van der Waals surface area contributed by atoms with Crippen LogP contribution in [-0.2, 0) is 4.79 Å². The first-order chi connectivity index (χ1) is 10.9. The number of rotatable bonds is 7. The molecule has 1 amide bonds. The first-order valence-corrected chi connectivity index (χ1v) is 8.17. The smallest absolute Gasteiger partial charge is 0.303 e. The molecule has 1 saturated carbocycles. The normalized spacial score (nSPS) is 15.4. The average molecular weight is 319 g/mol. The Morgan fingerprint density at radius 3 is 2.65 bits per heavy atom. The van der Waals surface area contributed by atoms with Gasteiger partial charge in [0.25, 0.3) is 5.91 Å². The van der Waals surface area contributed by atoms with Crippen molar-refractivity contribution in [1.29, 1.82) is 0 Å². The number of hydrogen-bond donors (Lipinski definition) is 2. The van der Waals surface area contributed by atoms with Crippen molar-refractivity contribution in [3.8, 4) is 5.75 Å². The monoisotopic (exact) mass is 319 g/mol. The van der Waals surface area contributed by atoms with Gasteiger partial charge < -0.3 is 15.2 Å². The Hall–Kier alpha value is -2.04. The zero-order valence-corrected chi connectivity index (χ0v) is 13.8. The van der Waals surface area contributed by atoms with Crippen LogP contribution in [0.2, 0.25) is 0 Å². The van der Waals surface area contributed by atoms with E-state index in [0.717, 1.165) is 12.8 Å². The van der Waals surface area contributed by atoms with E-state index >= 15 is 0 Å². The lowest BCUT2D eigenvalue weighted by Crippen LogP contribution is -2.43. The minimum atomic E-state index is -0.862. The molecule has 1 aromatic carbocycles. The molecule has 126 valence electrons. The van der Waals surface area contributed by atoms with Crippen molar-refractivity contribution in [2.45, 2.75) is 64.0 Å². The summed E-state index contributed by atoms with van der Waals surface area (Å²) in [6.45, 7) is 3.65. The molecule has 0 aromatic heterocycles. The second-order valence-electron chi connectivity index (χ2n) is 6.78. The SMILES string of the molecule is CC(C)(CCC(=O)O)NC(=O)c1cccc(OC2CCCC2)c1. The van der Waals surface area contributed by atoms with Gasteiger partial charge in [0.15, 0.2) is 0 Å². The zero-order chi connectivity index (χ0) is 16.9. The summed E-state index contributed by atoms with van der Waals surface area (Å²) in [5.41, 5.74) is -0.0403. The molecular formula is C18H25NO4. The number of hydrogen-bond acceptors (Lipinski definition) is 3. The molecule has 1 aliphatic rings. The van der Waals surface area contributed by atoms with Gasteiger partial charge in [0.05, 0.1) is 6.10 Å². The molecule has 2 N–H and O–H groups in total. The van der Waals surface area contributed by atoms with Crippen molar-refractivity contribution in [2.75, 3.05) is 0 Å². The number of amides is 1. The third-order valence-electron chi connectivity index (χ3n) is 4.12. The lowest BCUT2D eigenvalue weighted by Gasteiger charge is -2.25. The predicted molar refractivity (Wildman–Crippen MR) is 87.7 cm³/mol. The number of carbonyl (C=O) groups excluding carboxylic acids is 1. The van der Waals surface area contributed by atoms with Crippen molar-refractivity contribution in [2.24, 2.45) is 0 Å². The Bertz CT molecular complexity index is 562. The number of carbonyl (C=O) groups is 2. The van der Waals surface area contributed by atoms with Crippen LogP contribution in [0.4, 0.5) is 0 Å². The molecule has 0 unspecified atom stereocenters. The molecule has 1 aliphatic carbocycles. The van der Waals surface area contributed by atoms with Crippen LogP contribution in [0.5, 0.6) is 5.75 Å². The molecule has 0 spiro atoms. The van der Waals surface area contributed by atoms with Gasteiger partial charge in [-0.2, -0.15) is 0 Å². The fourth-order valence-corrected chi connectivity index (χ4v) is 2.77. The predicted octanol–water partition coefficient (Wildman–Crippen LogP) is 3.38. The second kappa shape index (κ2) is 7.49. The second-order valence-corrected chi connectivity index (χ2v) is 6.78. The maximum Gasteiger partial charge on any atom is 0.303 e. The lowest BCUT2D eigenvalue weighted by molar-refractivity contribution is -0.137. The fourth-order valence-electron chi connectivity index (χ4n) is 2.77. The van der Waals surface area contributed by atoms with Gasteiger partial charge in [-0.15, -0.1) is 0 Å². The number of carboxylic acid groups (broad SMARTS) is 1. The van der Waals surface area contributed by atoms with E-state index in [4.69, 9.17) is 9.84 Å². The van der Waals surface area contributed by atoms with Gasteiger partial charge in [-0.25, -0.2) is 0 Å². The highest BCUT2D eigenvalue weighted by molar-refractivity contribution is 5.95. The van der Waals surface area contributed by atoms with E-state index in [1.807, 2.05) is 26.0 Å². The summed E-state index contributed by atoms with van der Waals surface area (Å²) in [6, 6.07) is 7.17. The van der Waals surface area contributed by atoms with Crippen molar-refractivity contribution < 1.29 is 19.4 Å². The van der Waals surface area contributed by atoms with E-state index in [0.29, 0.717) is 17.7 Å². The third-order valence-corrected chi connectivity index (χ3v) is 4.12. The molecule has 0 aliphatic heterocycles. The van der Waals surface area contributed by atoms with Gasteiger partial charge >= 0.3 is 5.97 Å². The van der Waals surface area contributed by atoms with Crippen molar-refractivity contribution >= 4 is 11.9 Å². The first kappa shape index (κ1) is 17.3. The largest absolute Gasteiger partial charge is 0.490 e. The molecule has 1 aromatic rings. The van der Waals surface area contributed by atoms with Crippen LogP contribution in [-0.4, -0.2) is 28.6 Å². The highest BCUT2D eigenvalue weighted by atomic mass is 16.5. The molecule has 23 heavy (non-hydrogen) atoms. The summed E-state index contributed by atoms with van der Waals surface area (Å²) in [6.07, 6.45) is 5.19. The first-order valence-electron chi connectivity index (χ1n) is 8.17. The summed E-state index contributed by atoms with van der Waals surface area (Å²) >= 11 is 0. The van der Waals surface area contributed by atoms with E-state index in [2.05, 4.69) is 5.32 Å². The lowest BCUT2D eigenvalue weighted by atomic mass is 9.97. The number of aliphatic carboxylic acids is 1. The molecule has 5 heteroatoms. The van der Waals surface area contributed by atoms with E-state index in [1.165, 1.54) is 12.8 Å². The van der Waals surface area contributed by atoms with Gasteiger partial charge in [-0.3, -0.25) is 9.59 Å². The van der Waals surface area contributed by atoms with Crippen LogP contribution in [0.15, 0.2) is 24.3 Å². The maximum absolute atomic E-state index is 12.4. The van der Waals surface area contributed by atoms with Gasteiger partial charge in [0.2, 0.25) is 0 Å². The van der Waals surface area contributed by atoms with Crippen LogP contribution in [0.3, 0.4) is 0 Å². The van der Waals surface area contributed by atoms with E-state index in [-0.39, 0.29) is 18.4 Å². The fraction of sp³-hybridized carbons (Fsp3) is 0.556. The molecule has 0 heterocycles. The highest BCUT2D eigenvalue weighted by Gasteiger charge is 2.23. The summed E-state index contributed by atoms with van der Waals surface area (Å²) < 4.78 is 5.92. The standard InChI is InChI=1S/C18H25NO4/c1-18(2,11-10-16(20)21)19-17(22)13-6-5-9-15(12-13)23-14-7-3-4-8-14/h5-6,9,12,14H,3-4,7-8,10-11H2,1-2H3,(H,19,22)(H,20,21). The van der Waals surface area contributed by atoms with Crippen LogP contribution in [0, 0.1) is 0 Å². The van der Waals surface area contributed by atoms with Gasteiger partial charge in [0, 0.05) is 17.5 Å². The number of ether oxygens (including phenoxy) is 1. The summed E-state index contributed by atoms with van der Waals surface area (Å²) in [4.78, 5) is 23.1. The van der Waals surface area contributed by atoms with Crippen LogP contribution in [0.1, 0.15) is 62.7 Å². The maximum atomic E-state index is 12.4. The van der Waals surface area contributed by atoms with Gasteiger partial charge in [-0.1, -0.05) is 6.07 Å². The topological polar surface area (TPSA) is 75.6 Å². The summed E-state index contributed by atoms with van der Waals surface area (Å²) in [5.74, 6) is -0.357. The summed E-state index contributed by atoms with van der Waals surface area (Å²) in [5, 5.41) is 11.7. The Balaban J connectivity index is 1.97. The Labute approximate surface area is 137 Å². The van der Waals surface area contributed by atoms with Gasteiger partial charge in [-0.05, 0) is 64.2 Å². The van der Waals surface area contributed by atoms with E-state index in [9.17, 15) is 9.59 Å². The minimum Gasteiger partial charge on any atom is -0.490 e. The number of carboxylic acids is 1. The number of nitrogens with one attached hydrogen (secondary N) is 1. The van der Waals surface area contributed by atoms with Crippen LogP contribution in [0.25, 0.3) is 0 Å². The molecule has 0 saturated heterocycles. The molecule has 2 rings (SSSR count). The molecule has 1 fully saturated rings. The van der Waals surface area contributed by atoms with Crippen molar-refractivity contribution in [1.82, 2.24) is 5.32 Å². The van der Waals surface area contributed by atoms with E-state index < -0.39 is 11.5 Å². The Morgan fingerprint density at radius 1 is 1.30 bits per heavy atom. The summed E-state index contributed by atoms with van der Waals surface area (Å²) in [7, 11) is 0. The third kappa shape index (κ3) is 5.58. The molecule has 5 nitrogen and oxygen atoms in total. The van der Waals surface area contributed by atoms with Crippen LogP contribution < -0.4 is 10.1 Å². The van der Waals surface area contributed by atoms with Crippen LogP contribution >= 0.6 is 0 Å².